The molecule has 0 spiro atoms. The molecule has 0 aromatic heterocycles. The number of carbonyl (C=O) groups is 1. The third-order valence-electron chi connectivity index (χ3n) is 5.09. The van der Waals surface area contributed by atoms with Gasteiger partial charge in [0.25, 0.3) is 0 Å². The van der Waals surface area contributed by atoms with Gasteiger partial charge in [0.05, 0.1) is 12.6 Å². The summed E-state index contributed by atoms with van der Waals surface area (Å²) in [7, 11) is 0. The Labute approximate surface area is 157 Å². The fraction of sp³-hybridized carbons (Fsp3) is 0.632. The molecule has 0 heterocycles. The van der Waals surface area contributed by atoms with Crippen molar-refractivity contribution in [2.24, 2.45) is 11.1 Å². The van der Waals surface area contributed by atoms with Crippen molar-refractivity contribution < 1.29 is 14.3 Å². The minimum atomic E-state index is -0.882. The van der Waals surface area contributed by atoms with Crippen molar-refractivity contribution >= 4 is 18.3 Å². The standard InChI is InChI=1S/C19H30N2O3.ClH/c1-6-23-16-12-19(20,18(16,4)5)17(22)21-7-8-24-15-10-13(2)9-14(3)11-15;/h9-11,16H,6-8,12,20H2,1-5H3,(H,21,22);1H. The molecule has 1 fully saturated rings. The van der Waals surface area contributed by atoms with Gasteiger partial charge in [-0.15, -0.1) is 12.4 Å². The lowest BCUT2D eigenvalue weighted by molar-refractivity contribution is -0.170. The molecular weight excluding hydrogens is 340 g/mol. The maximum absolute atomic E-state index is 12.5. The minimum Gasteiger partial charge on any atom is -0.492 e. The number of nitrogens with two attached hydrogens (primary N) is 1. The predicted molar refractivity (Wildman–Crippen MR) is 102 cm³/mol. The molecule has 2 atom stereocenters. The molecule has 6 heteroatoms. The molecule has 2 rings (SSSR count). The minimum absolute atomic E-state index is 0. The van der Waals surface area contributed by atoms with Gasteiger partial charge in [0, 0.05) is 18.4 Å². The molecule has 1 aromatic carbocycles. The smallest absolute Gasteiger partial charge is 0.240 e. The van der Waals surface area contributed by atoms with Crippen molar-refractivity contribution in [2.45, 2.75) is 52.7 Å². The monoisotopic (exact) mass is 370 g/mol. The molecule has 5 nitrogen and oxygen atoms in total. The molecule has 1 aliphatic carbocycles. The average molecular weight is 371 g/mol. The van der Waals surface area contributed by atoms with Crippen molar-refractivity contribution in [3.05, 3.63) is 29.3 Å². The highest BCUT2D eigenvalue weighted by atomic mass is 35.5. The molecule has 1 aliphatic rings. The van der Waals surface area contributed by atoms with E-state index < -0.39 is 5.54 Å². The van der Waals surface area contributed by atoms with E-state index in [2.05, 4.69) is 11.4 Å². The number of carbonyl (C=O) groups excluding carboxylic acids is 1. The van der Waals surface area contributed by atoms with Crippen molar-refractivity contribution in [3.8, 4) is 5.75 Å². The van der Waals surface area contributed by atoms with Gasteiger partial charge in [0.1, 0.15) is 17.9 Å². The molecule has 2 unspecified atom stereocenters. The molecular formula is C19H31ClN2O3. The van der Waals surface area contributed by atoms with E-state index in [1.807, 2.05) is 46.8 Å². The maximum atomic E-state index is 12.5. The zero-order chi connectivity index (χ0) is 18.0. The third-order valence-corrected chi connectivity index (χ3v) is 5.09. The van der Waals surface area contributed by atoms with E-state index in [1.165, 1.54) is 0 Å². The van der Waals surface area contributed by atoms with Crippen molar-refractivity contribution in [1.82, 2.24) is 5.32 Å². The Morgan fingerprint density at radius 1 is 1.28 bits per heavy atom. The lowest BCUT2D eigenvalue weighted by Crippen LogP contribution is -2.75. The van der Waals surface area contributed by atoms with Crippen molar-refractivity contribution in [2.75, 3.05) is 19.8 Å². The van der Waals surface area contributed by atoms with Crippen LogP contribution in [0.3, 0.4) is 0 Å². The maximum Gasteiger partial charge on any atom is 0.240 e. The Kier molecular flexibility index (Phi) is 7.29. The van der Waals surface area contributed by atoms with Crippen LogP contribution in [-0.2, 0) is 9.53 Å². The lowest BCUT2D eigenvalue weighted by atomic mass is 9.54. The summed E-state index contributed by atoms with van der Waals surface area (Å²) in [5, 5.41) is 2.90. The summed E-state index contributed by atoms with van der Waals surface area (Å²) >= 11 is 0. The van der Waals surface area contributed by atoms with Crippen LogP contribution < -0.4 is 15.8 Å². The number of benzene rings is 1. The molecule has 1 amide bonds. The Morgan fingerprint density at radius 2 is 1.88 bits per heavy atom. The van der Waals surface area contributed by atoms with E-state index in [1.54, 1.807) is 0 Å². The summed E-state index contributed by atoms with van der Waals surface area (Å²) in [6, 6.07) is 6.07. The van der Waals surface area contributed by atoms with E-state index in [0.717, 1.165) is 16.9 Å². The molecule has 3 N–H and O–H groups in total. The molecule has 142 valence electrons. The molecule has 1 aromatic rings. The Balaban J connectivity index is 0.00000312. The quantitative estimate of drug-likeness (QED) is 0.724. The van der Waals surface area contributed by atoms with Gasteiger partial charge >= 0.3 is 0 Å². The Morgan fingerprint density at radius 3 is 2.40 bits per heavy atom. The van der Waals surface area contributed by atoms with Crippen molar-refractivity contribution in [1.29, 1.82) is 0 Å². The number of ether oxygens (including phenoxy) is 2. The highest BCUT2D eigenvalue weighted by molar-refractivity contribution is 5.88. The Bertz CT molecular complexity index is 586. The number of aryl methyl sites for hydroxylation is 2. The summed E-state index contributed by atoms with van der Waals surface area (Å²) in [5.74, 6) is 0.692. The van der Waals surface area contributed by atoms with Crippen molar-refractivity contribution in [3.63, 3.8) is 0 Å². The molecule has 0 saturated heterocycles. The van der Waals surface area contributed by atoms with E-state index >= 15 is 0 Å². The van der Waals surface area contributed by atoms with Crippen LogP contribution in [0.25, 0.3) is 0 Å². The number of rotatable bonds is 7. The van der Waals surface area contributed by atoms with Gasteiger partial charge in [-0.1, -0.05) is 19.9 Å². The molecule has 25 heavy (non-hydrogen) atoms. The van der Waals surface area contributed by atoms with E-state index in [0.29, 0.717) is 26.2 Å². The topological polar surface area (TPSA) is 73.6 Å². The van der Waals surface area contributed by atoms with Crippen LogP contribution in [0.2, 0.25) is 0 Å². The van der Waals surface area contributed by atoms with Crippen LogP contribution >= 0.6 is 12.4 Å². The fourth-order valence-electron chi connectivity index (χ4n) is 3.33. The van der Waals surface area contributed by atoms with Gasteiger partial charge in [-0.2, -0.15) is 0 Å². The largest absolute Gasteiger partial charge is 0.492 e. The Hall–Kier alpha value is -1.30. The van der Waals surface area contributed by atoms with E-state index in [9.17, 15) is 4.79 Å². The van der Waals surface area contributed by atoms with Crippen LogP contribution in [0.1, 0.15) is 38.3 Å². The van der Waals surface area contributed by atoms with Gasteiger partial charge in [-0.05, 0) is 44.0 Å². The number of halogens is 1. The second-order valence-corrected chi connectivity index (χ2v) is 7.27. The third kappa shape index (κ3) is 4.46. The molecule has 1 saturated carbocycles. The number of nitrogens with one attached hydrogen (secondary N) is 1. The zero-order valence-electron chi connectivity index (χ0n) is 15.8. The zero-order valence-corrected chi connectivity index (χ0v) is 16.7. The highest BCUT2D eigenvalue weighted by Crippen LogP contribution is 2.49. The van der Waals surface area contributed by atoms with Gasteiger partial charge in [-0.25, -0.2) is 0 Å². The first-order chi connectivity index (χ1) is 11.2. The first kappa shape index (κ1) is 21.7. The van der Waals surface area contributed by atoms with Gasteiger partial charge in [0.2, 0.25) is 5.91 Å². The first-order valence-electron chi connectivity index (χ1n) is 8.60. The van der Waals surface area contributed by atoms with Gasteiger partial charge in [0.15, 0.2) is 0 Å². The highest BCUT2D eigenvalue weighted by Gasteiger charge is 2.62. The summed E-state index contributed by atoms with van der Waals surface area (Å²) in [6.07, 6.45) is 0.585. The van der Waals surface area contributed by atoms with Crippen LogP contribution in [0.5, 0.6) is 5.75 Å². The summed E-state index contributed by atoms with van der Waals surface area (Å²) in [5.41, 5.74) is 7.41. The summed E-state index contributed by atoms with van der Waals surface area (Å²) in [4.78, 5) is 12.5. The fourth-order valence-corrected chi connectivity index (χ4v) is 3.33. The van der Waals surface area contributed by atoms with Crippen LogP contribution in [0, 0.1) is 19.3 Å². The van der Waals surface area contributed by atoms with Gasteiger partial charge < -0.3 is 20.5 Å². The average Bonchev–Trinajstić information content (AvgIpc) is 2.50. The summed E-state index contributed by atoms with van der Waals surface area (Å²) in [6.45, 7) is 11.5. The number of amides is 1. The second kappa shape index (κ2) is 8.39. The van der Waals surface area contributed by atoms with E-state index in [-0.39, 0.29) is 29.8 Å². The lowest BCUT2D eigenvalue weighted by Gasteiger charge is -2.57. The number of hydrogen-bond donors (Lipinski definition) is 2. The SMILES string of the molecule is CCOC1CC(N)(C(=O)NCCOc2cc(C)cc(C)c2)C1(C)C.Cl. The number of hydrogen-bond acceptors (Lipinski definition) is 4. The normalized spacial score (nSPS) is 24.0. The molecule has 0 radical (unpaired) electrons. The van der Waals surface area contributed by atoms with E-state index in [4.69, 9.17) is 15.2 Å². The molecule has 0 bridgehead atoms. The predicted octanol–water partition coefficient (Wildman–Crippen LogP) is 2.75. The summed E-state index contributed by atoms with van der Waals surface area (Å²) < 4.78 is 11.4. The van der Waals surface area contributed by atoms with Crippen LogP contribution in [-0.4, -0.2) is 37.3 Å². The first-order valence-corrected chi connectivity index (χ1v) is 8.60. The van der Waals surface area contributed by atoms with Gasteiger partial charge in [-0.3, -0.25) is 4.79 Å². The van der Waals surface area contributed by atoms with Crippen LogP contribution in [0.15, 0.2) is 18.2 Å². The molecule has 0 aliphatic heterocycles. The van der Waals surface area contributed by atoms with Crippen LogP contribution in [0.4, 0.5) is 0 Å². The second-order valence-electron chi connectivity index (χ2n) is 7.27.